The second-order valence-corrected chi connectivity index (χ2v) is 4.48. The van der Waals surface area contributed by atoms with Gasteiger partial charge < -0.3 is 11.1 Å². The Morgan fingerprint density at radius 3 is 2.47 bits per heavy atom. The number of benzene rings is 1. The van der Waals surface area contributed by atoms with E-state index in [1.807, 2.05) is 37.3 Å². The predicted molar refractivity (Wildman–Crippen MR) is 74.3 cm³/mol. The van der Waals surface area contributed by atoms with Crippen molar-refractivity contribution >= 4 is 11.8 Å². The molecule has 0 aliphatic rings. The summed E-state index contributed by atoms with van der Waals surface area (Å²) in [5, 5.41) is 2.78. The van der Waals surface area contributed by atoms with Crippen LogP contribution in [0.3, 0.4) is 0 Å². The van der Waals surface area contributed by atoms with E-state index in [-0.39, 0.29) is 12.5 Å². The maximum Gasteiger partial charge on any atom is 0.239 e. The fourth-order valence-corrected chi connectivity index (χ4v) is 1.91. The third-order valence-corrected chi connectivity index (χ3v) is 2.79. The number of amides is 2. The Morgan fingerprint density at radius 2 is 1.95 bits per heavy atom. The molecule has 19 heavy (non-hydrogen) atoms. The molecule has 0 aliphatic carbocycles. The molecule has 2 amide bonds. The van der Waals surface area contributed by atoms with Gasteiger partial charge in [-0.15, -0.1) is 0 Å². The van der Waals surface area contributed by atoms with Crippen LogP contribution in [0.1, 0.15) is 24.9 Å². The average Bonchev–Trinajstić information content (AvgIpc) is 2.37. The molecule has 0 saturated heterocycles. The quantitative estimate of drug-likeness (QED) is 0.759. The minimum absolute atomic E-state index is 0.105. The molecule has 0 radical (unpaired) electrons. The number of carbonyl (C=O) groups is 2. The van der Waals surface area contributed by atoms with E-state index in [1.165, 1.54) is 0 Å². The Morgan fingerprint density at radius 1 is 1.32 bits per heavy atom. The number of hydrogen-bond acceptors (Lipinski definition) is 3. The lowest BCUT2D eigenvalue weighted by molar-refractivity contribution is -0.126. The van der Waals surface area contributed by atoms with Crippen LogP contribution in [0.4, 0.5) is 0 Å². The number of nitrogens with zero attached hydrogens (tertiary/aromatic N) is 1. The van der Waals surface area contributed by atoms with Crippen LogP contribution >= 0.6 is 0 Å². The zero-order chi connectivity index (χ0) is 14.3. The van der Waals surface area contributed by atoms with Gasteiger partial charge >= 0.3 is 0 Å². The Balaban J connectivity index is 2.72. The minimum atomic E-state index is -0.589. The van der Waals surface area contributed by atoms with Gasteiger partial charge in [0.25, 0.3) is 0 Å². The molecule has 3 N–H and O–H groups in total. The van der Waals surface area contributed by atoms with Gasteiger partial charge in [-0.25, -0.2) is 0 Å². The van der Waals surface area contributed by atoms with Crippen molar-refractivity contribution in [3.05, 3.63) is 35.9 Å². The summed E-state index contributed by atoms with van der Waals surface area (Å²) in [6, 6.07) is 8.63. The van der Waals surface area contributed by atoms with E-state index in [0.717, 1.165) is 12.0 Å². The normalized spacial score (nSPS) is 12.2. The van der Waals surface area contributed by atoms with Crippen LogP contribution in [0.5, 0.6) is 0 Å². The number of rotatable bonds is 7. The smallest absolute Gasteiger partial charge is 0.239 e. The standard InChI is InChI=1S/C14H21N3O2/c1-3-9-16-12(18)10-17(2)13(14(15)19)11-7-5-4-6-8-11/h4-8,13H,3,9-10H2,1-2H3,(H2,15,19)(H,16,18)/t13-/m1/s1. The molecule has 1 aromatic carbocycles. The summed E-state index contributed by atoms with van der Waals surface area (Å²) in [5.41, 5.74) is 6.23. The van der Waals surface area contributed by atoms with E-state index in [2.05, 4.69) is 5.32 Å². The van der Waals surface area contributed by atoms with Crippen LogP contribution < -0.4 is 11.1 Å². The van der Waals surface area contributed by atoms with Gasteiger partial charge in [0, 0.05) is 6.54 Å². The van der Waals surface area contributed by atoms with Gasteiger partial charge in [0.2, 0.25) is 11.8 Å². The highest BCUT2D eigenvalue weighted by molar-refractivity contribution is 5.83. The zero-order valence-electron chi connectivity index (χ0n) is 11.4. The number of hydrogen-bond donors (Lipinski definition) is 2. The summed E-state index contributed by atoms with van der Waals surface area (Å²) in [6.45, 7) is 2.77. The van der Waals surface area contributed by atoms with Crippen molar-refractivity contribution in [1.82, 2.24) is 10.2 Å². The van der Waals surface area contributed by atoms with Crippen molar-refractivity contribution < 1.29 is 9.59 Å². The lowest BCUT2D eigenvalue weighted by Gasteiger charge is -2.25. The summed E-state index contributed by atoms with van der Waals surface area (Å²) in [4.78, 5) is 24.9. The van der Waals surface area contributed by atoms with Gasteiger partial charge in [-0.05, 0) is 19.0 Å². The van der Waals surface area contributed by atoms with Crippen LogP contribution in [0.25, 0.3) is 0 Å². The van der Waals surface area contributed by atoms with Crippen LogP contribution in [-0.4, -0.2) is 36.9 Å². The summed E-state index contributed by atoms with van der Waals surface area (Å²) in [6.07, 6.45) is 0.882. The van der Waals surface area contributed by atoms with Crippen molar-refractivity contribution in [2.45, 2.75) is 19.4 Å². The summed E-state index contributed by atoms with van der Waals surface area (Å²) in [7, 11) is 1.72. The number of primary amides is 1. The van der Waals surface area contributed by atoms with Crippen LogP contribution in [0, 0.1) is 0 Å². The Bertz CT molecular complexity index is 420. The zero-order valence-corrected chi connectivity index (χ0v) is 11.4. The van der Waals surface area contributed by atoms with E-state index in [9.17, 15) is 9.59 Å². The highest BCUT2D eigenvalue weighted by atomic mass is 16.2. The van der Waals surface area contributed by atoms with Crippen molar-refractivity contribution in [3.8, 4) is 0 Å². The summed E-state index contributed by atoms with van der Waals surface area (Å²) in [5.74, 6) is -0.566. The van der Waals surface area contributed by atoms with Gasteiger partial charge in [0.1, 0.15) is 6.04 Å². The molecule has 0 bridgehead atoms. The predicted octanol–water partition coefficient (Wildman–Crippen LogP) is 0.671. The van der Waals surface area contributed by atoms with E-state index < -0.39 is 11.9 Å². The summed E-state index contributed by atoms with van der Waals surface area (Å²) >= 11 is 0. The summed E-state index contributed by atoms with van der Waals surface area (Å²) < 4.78 is 0. The Kier molecular flexibility index (Phi) is 6.02. The maximum absolute atomic E-state index is 11.7. The number of carbonyl (C=O) groups excluding carboxylic acids is 2. The lowest BCUT2D eigenvalue weighted by atomic mass is 10.1. The largest absolute Gasteiger partial charge is 0.368 e. The maximum atomic E-state index is 11.7. The molecular weight excluding hydrogens is 242 g/mol. The fourth-order valence-electron chi connectivity index (χ4n) is 1.91. The monoisotopic (exact) mass is 263 g/mol. The molecule has 0 aliphatic heterocycles. The molecule has 0 heterocycles. The Hall–Kier alpha value is -1.88. The first kappa shape index (κ1) is 15.2. The van der Waals surface area contributed by atoms with Crippen LogP contribution in [0.15, 0.2) is 30.3 Å². The topological polar surface area (TPSA) is 75.4 Å². The van der Waals surface area contributed by atoms with E-state index in [1.54, 1.807) is 11.9 Å². The van der Waals surface area contributed by atoms with Crippen LogP contribution in [-0.2, 0) is 9.59 Å². The molecule has 1 rings (SSSR count). The second kappa shape index (κ2) is 7.53. The molecule has 0 fully saturated rings. The van der Waals surface area contributed by atoms with E-state index >= 15 is 0 Å². The number of likely N-dealkylation sites (N-methyl/N-ethyl adjacent to an activating group) is 1. The highest BCUT2D eigenvalue weighted by Gasteiger charge is 2.23. The molecule has 0 spiro atoms. The SMILES string of the molecule is CCCNC(=O)CN(C)[C@@H](C(N)=O)c1ccccc1. The van der Waals surface area contributed by atoms with Crippen LogP contribution in [0.2, 0.25) is 0 Å². The third kappa shape index (κ3) is 4.71. The van der Waals surface area contributed by atoms with E-state index in [0.29, 0.717) is 6.54 Å². The fraction of sp³-hybridized carbons (Fsp3) is 0.429. The molecular formula is C14H21N3O2. The molecule has 0 saturated carbocycles. The molecule has 0 aromatic heterocycles. The van der Waals surface area contributed by atoms with Gasteiger partial charge in [-0.1, -0.05) is 37.3 Å². The second-order valence-electron chi connectivity index (χ2n) is 4.48. The molecule has 1 aromatic rings. The number of nitrogens with two attached hydrogens (primary N) is 1. The van der Waals surface area contributed by atoms with Gasteiger partial charge in [-0.3, -0.25) is 14.5 Å². The highest BCUT2D eigenvalue weighted by Crippen LogP contribution is 2.18. The molecule has 0 unspecified atom stereocenters. The minimum Gasteiger partial charge on any atom is -0.368 e. The average molecular weight is 263 g/mol. The van der Waals surface area contributed by atoms with Crippen molar-refractivity contribution in [3.63, 3.8) is 0 Å². The van der Waals surface area contributed by atoms with Gasteiger partial charge in [0.15, 0.2) is 0 Å². The molecule has 5 heteroatoms. The van der Waals surface area contributed by atoms with Gasteiger partial charge in [-0.2, -0.15) is 0 Å². The first-order valence-electron chi connectivity index (χ1n) is 6.37. The third-order valence-electron chi connectivity index (χ3n) is 2.79. The van der Waals surface area contributed by atoms with Gasteiger partial charge in [0.05, 0.1) is 6.54 Å². The van der Waals surface area contributed by atoms with Crippen molar-refractivity contribution in [2.24, 2.45) is 5.73 Å². The first-order chi connectivity index (χ1) is 9.06. The van der Waals surface area contributed by atoms with Crippen molar-refractivity contribution in [2.75, 3.05) is 20.1 Å². The first-order valence-corrected chi connectivity index (χ1v) is 6.37. The Labute approximate surface area is 113 Å². The molecule has 1 atom stereocenters. The van der Waals surface area contributed by atoms with Crippen molar-refractivity contribution in [1.29, 1.82) is 0 Å². The molecule has 5 nitrogen and oxygen atoms in total. The lowest BCUT2D eigenvalue weighted by Crippen LogP contribution is -2.41. The van der Waals surface area contributed by atoms with E-state index in [4.69, 9.17) is 5.73 Å². The number of nitrogens with one attached hydrogen (secondary N) is 1. The molecule has 104 valence electrons.